The van der Waals surface area contributed by atoms with Crippen molar-refractivity contribution in [3.63, 3.8) is 0 Å². The van der Waals surface area contributed by atoms with E-state index in [-0.39, 0.29) is 5.78 Å². The second kappa shape index (κ2) is 5.46. The Morgan fingerprint density at radius 2 is 2.10 bits per heavy atom. The molecule has 0 radical (unpaired) electrons. The van der Waals surface area contributed by atoms with Gasteiger partial charge >= 0.3 is 0 Å². The molecule has 0 bridgehead atoms. The Hall–Kier alpha value is -1.52. The molecule has 0 unspecified atom stereocenters. The average molecular weight is 346 g/mol. The van der Waals surface area contributed by atoms with Gasteiger partial charge in [0.05, 0.1) is 10.4 Å². The van der Waals surface area contributed by atoms with Gasteiger partial charge in [-0.05, 0) is 40.5 Å². The summed E-state index contributed by atoms with van der Waals surface area (Å²) in [6.45, 7) is 2.01. The molecule has 2 aromatic heterocycles. The van der Waals surface area contributed by atoms with Crippen LogP contribution in [0.4, 0.5) is 0 Å². The first kappa shape index (κ1) is 13.5. The van der Waals surface area contributed by atoms with Gasteiger partial charge in [-0.2, -0.15) is 0 Å². The van der Waals surface area contributed by atoms with Gasteiger partial charge in [-0.25, -0.2) is 0 Å². The SMILES string of the molecule is Cc1cc(Br)c(C(=O)Cc2cccc3cccnc23)s1. The van der Waals surface area contributed by atoms with Crippen LogP contribution in [0.5, 0.6) is 0 Å². The van der Waals surface area contributed by atoms with Gasteiger partial charge in [-0.1, -0.05) is 24.3 Å². The third kappa shape index (κ3) is 2.53. The largest absolute Gasteiger partial charge is 0.293 e. The highest BCUT2D eigenvalue weighted by molar-refractivity contribution is 9.10. The lowest BCUT2D eigenvalue weighted by Gasteiger charge is -2.04. The molecule has 0 saturated heterocycles. The summed E-state index contributed by atoms with van der Waals surface area (Å²) in [6.07, 6.45) is 2.15. The van der Waals surface area contributed by atoms with E-state index in [4.69, 9.17) is 0 Å². The van der Waals surface area contributed by atoms with Crippen molar-refractivity contribution in [1.82, 2.24) is 4.98 Å². The van der Waals surface area contributed by atoms with Gasteiger partial charge in [0.15, 0.2) is 5.78 Å². The molecule has 0 aliphatic carbocycles. The van der Waals surface area contributed by atoms with E-state index in [2.05, 4.69) is 20.9 Å². The van der Waals surface area contributed by atoms with E-state index in [0.717, 1.165) is 30.7 Å². The molecule has 0 spiro atoms. The highest BCUT2D eigenvalue weighted by Gasteiger charge is 2.15. The van der Waals surface area contributed by atoms with Crippen molar-refractivity contribution in [1.29, 1.82) is 0 Å². The number of fused-ring (bicyclic) bond motifs is 1. The maximum atomic E-state index is 12.4. The summed E-state index contributed by atoms with van der Waals surface area (Å²) in [4.78, 5) is 18.8. The zero-order chi connectivity index (χ0) is 14.1. The number of thiophene rings is 1. The van der Waals surface area contributed by atoms with E-state index >= 15 is 0 Å². The molecular weight excluding hydrogens is 334 g/mol. The van der Waals surface area contributed by atoms with Crippen LogP contribution in [0.3, 0.4) is 0 Å². The minimum Gasteiger partial charge on any atom is -0.293 e. The van der Waals surface area contributed by atoms with E-state index in [1.54, 1.807) is 6.20 Å². The molecule has 0 fully saturated rings. The Morgan fingerprint density at radius 1 is 1.30 bits per heavy atom. The van der Waals surface area contributed by atoms with Crippen molar-refractivity contribution >= 4 is 44.0 Å². The first-order valence-corrected chi connectivity index (χ1v) is 7.88. The van der Waals surface area contributed by atoms with Gasteiger partial charge in [0.25, 0.3) is 0 Å². The van der Waals surface area contributed by atoms with Crippen molar-refractivity contribution in [3.8, 4) is 0 Å². The Kier molecular flexibility index (Phi) is 3.68. The molecule has 0 saturated carbocycles. The zero-order valence-corrected chi connectivity index (χ0v) is 13.3. The van der Waals surface area contributed by atoms with Crippen LogP contribution in [0.2, 0.25) is 0 Å². The summed E-state index contributed by atoms with van der Waals surface area (Å²) < 4.78 is 0.887. The fourth-order valence-corrected chi connectivity index (χ4v) is 4.04. The number of Topliss-reactive ketones (excluding diaryl/α,β-unsaturated/α-hetero) is 1. The van der Waals surface area contributed by atoms with Crippen LogP contribution in [-0.2, 0) is 6.42 Å². The van der Waals surface area contributed by atoms with E-state index in [0.29, 0.717) is 6.42 Å². The molecule has 0 atom stereocenters. The lowest BCUT2D eigenvalue weighted by molar-refractivity contribution is 0.0996. The molecule has 0 aliphatic heterocycles. The number of aryl methyl sites for hydroxylation is 1. The number of rotatable bonds is 3. The summed E-state index contributed by atoms with van der Waals surface area (Å²) in [7, 11) is 0. The summed E-state index contributed by atoms with van der Waals surface area (Å²) in [5.41, 5.74) is 1.89. The van der Waals surface area contributed by atoms with Crippen LogP contribution < -0.4 is 0 Å². The number of aromatic nitrogens is 1. The summed E-state index contributed by atoms with van der Waals surface area (Å²) in [5, 5.41) is 1.07. The molecule has 0 aliphatic rings. The van der Waals surface area contributed by atoms with Crippen LogP contribution in [0.25, 0.3) is 10.9 Å². The van der Waals surface area contributed by atoms with Gasteiger partial charge in [0.1, 0.15) is 0 Å². The Balaban J connectivity index is 1.97. The molecular formula is C16H12BrNOS. The van der Waals surface area contributed by atoms with E-state index in [1.165, 1.54) is 11.3 Å². The molecule has 3 aromatic rings. The molecule has 0 N–H and O–H groups in total. The van der Waals surface area contributed by atoms with Gasteiger partial charge in [0.2, 0.25) is 0 Å². The van der Waals surface area contributed by atoms with Crippen LogP contribution in [-0.4, -0.2) is 10.8 Å². The first-order valence-electron chi connectivity index (χ1n) is 6.27. The van der Waals surface area contributed by atoms with Gasteiger partial charge in [0, 0.05) is 27.4 Å². The fourth-order valence-electron chi connectivity index (χ4n) is 2.24. The van der Waals surface area contributed by atoms with E-state index in [9.17, 15) is 4.79 Å². The van der Waals surface area contributed by atoms with Crippen molar-refractivity contribution < 1.29 is 4.79 Å². The quantitative estimate of drug-likeness (QED) is 0.638. The number of carbonyl (C=O) groups is 1. The normalized spacial score (nSPS) is 10.9. The zero-order valence-electron chi connectivity index (χ0n) is 10.9. The average Bonchev–Trinajstić information content (AvgIpc) is 2.78. The number of para-hydroxylation sites is 1. The summed E-state index contributed by atoms with van der Waals surface area (Å²) in [5.74, 6) is 0.133. The molecule has 1 aromatic carbocycles. The topological polar surface area (TPSA) is 30.0 Å². The predicted molar refractivity (Wildman–Crippen MR) is 86.5 cm³/mol. The second-order valence-corrected chi connectivity index (χ2v) is 6.74. The highest BCUT2D eigenvalue weighted by Crippen LogP contribution is 2.28. The summed E-state index contributed by atoms with van der Waals surface area (Å²) >= 11 is 4.99. The van der Waals surface area contributed by atoms with Crippen LogP contribution in [0.15, 0.2) is 47.1 Å². The summed E-state index contributed by atoms with van der Waals surface area (Å²) in [6, 6.07) is 11.9. The number of halogens is 1. The van der Waals surface area contributed by atoms with Crippen molar-refractivity contribution in [2.24, 2.45) is 0 Å². The number of benzene rings is 1. The molecule has 2 heterocycles. The predicted octanol–water partition coefficient (Wildman–Crippen LogP) is 4.79. The van der Waals surface area contributed by atoms with Crippen molar-refractivity contribution in [2.45, 2.75) is 13.3 Å². The number of hydrogen-bond donors (Lipinski definition) is 0. The van der Waals surface area contributed by atoms with Crippen LogP contribution in [0, 0.1) is 6.92 Å². The number of ketones is 1. The van der Waals surface area contributed by atoms with E-state index in [1.807, 2.05) is 43.3 Å². The molecule has 2 nitrogen and oxygen atoms in total. The number of carbonyl (C=O) groups excluding carboxylic acids is 1. The maximum Gasteiger partial charge on any atom is 0.178 e. The molecule has 3 rings (SSSR count). The Morgan fingerprint density at radius 3 is 2.85 bits per heavy atom. The minimum atomic E-state index is 0.133. The van der Waals surface area contributed by atoms with Crippen LogP contribution >= 0.6 is 27.3 Å². The Bertz CT molecular complexity index is 789. The monoisotopic (exact) mass is 345 g/mol. The standard InChI is InChI=1S/C16H12BrNOS/c1-10-8-13(17)16(20-10)14(19)9-12-5-2-4-11-6-3-7-18-15(11)12/h2-8H,9H2,1H3. The van der Waals surface area contributed by atoms with Crippen molar-refractivity contribution in [2.75, 3.05) is 0 Å². The smallest absolute Gasteiger partial charge is 0.178 e. The lowest BCUT2D eigenvalue weighted by Crippen LogP contribution is -2.03. The number of hydrogen-bond acceptors (Lipinski definition) is 3. The Labute approximate surface area is 129 Å². The van der Waals surface area contributed by atoms with Gasteiger partial charge in [-0.3, -0.25) is 9.78 Å². The second-order valence-electron chi connectivity index (χ2n) is 4.63. The first-order chi connectivity index (χ1) is 9.65. The van der Waals surface area contributed by atoms with Crippen LogP contribution in [0.1, 0.15) is 20.1 Å². The third-order valence-electron chi connectivity index (χ3n) is 3.13. The fraction of sp³-hybridized carbons (Fsp3) is 0.125. The number of pyridine rings is 1. The highest BCUT2D eigenvalue weighted by atomic mass is 79.9. The van der Waals surface area contributed by atoms with Crippen molar-refractivity contribution in [3.05, 3.63) is 62.4 Å². The molecule has 20 heavy (non-hydrogen) atoms. The lowest BCUT2D eigenvalue weighted by atomic mass is 10.0. The molecule has 4 heteroatoms. The van der Waals surface area contributed by atoms with E-state index < -0.39 is 0 Å². The van der Waals surface area contributed by atoms with Gasteiger partial charge in [-0.15, -0.1) is 11.3 Å². The third-order valence-corrected chi connectivity index (χ3v) is 5.11. The minimum absolute atomic E-state index is 0.133. The number of nitrogens with zero attached hydrogens (tertiary/aromatic N) is 1. The molecule has 0 amide bonds. The van der Waals surface area contributed by atoms with Gasteiger partial charge < -0.3 is 0 Å². The molecule has 100 valence electrons. The maximum absolute atomic E-state index is 12.4.